The Balaban J connectivity index is 2.58. The molecular weight excluding hydrogens is 104 g/mol. The number of rotatable bonds is 1. The molecule has 0 aromatic rings. The standard InChI is InChI=1S/C6H10O2/c1-5-3-8-4-6(5)7-2/h3-4H2,1-2H3. The summed E-state index contributed by atoms with van der Waals surface area (Å²) >= 11 is 0. The molecule has 0 aliphatic carbocycles. The van der Waals surface area contributed by atoms with E-state index in [0.717, 1.165) is 12.4 Å². The van der Waals surface area contributed by atoms with Gasteiger partial charge in [0.05, 0.1) is 13.7 Å². The summed E-state index contributed by atoms with van der Waals surface area (Å²) in [5, 5.41) is 0. The van der Waals surface area contributed by atoms with Gasteiger partial charge in [-0.25, -0.2) is 0 Å². The van der Waals surface area contributed by atoms with Crippen molar-refractivity contribution >= 4 is 0 Å². The average Bonchev–Trinajstić information content (AvgIpc) is 2.14. The largest absolute Gasteiger partial charge is 0.499 e. The first-order chi connectivity index (χ1) is 3.84. The molecule has 2 heteroatoms. The molecule has 0 bridgehead atoms. The lowest BCUT2D eigenvalue weighted by atomic mass is 10.3. The van der Waals surface area contributed by atoms with E-state index in [2.05, 4.69) is 0 Å². The first kappa shape index (κ1) is 5.63. The first-order valence-corrected chi connectivity index (χ1v) is 2.65. The molecular formula is C6H10O2. The van der Waals surface area contributed by atoms with Crippen LogP contribution in [0.3, 0.4) is 0 Å². The molecule has 0 amide bonds. The highest BCUT2D eigenvalue weighted by Crippen LogP contribution is 2.12. The Bertz CT molecular complexity index is 116. The third kappa shape index (κ3) is 0.842. The van der Waals surface area contributed by atoms with Crippen molar-refractivity contribution in [3.63, 3.8) is 0 Å². The van der Waals surface area contributed by atoms with Crippen molar-refractivity contribution < 1.29 is 9.47 Å². The molecule has 1 aliphatic rings. The summed E-state index contributed by atoms with van der Waals surface area (Å²) in [6, 6.07) is 0. The van der Waals surface area contributed by atoms with Crippen molar-refractivity contribution in [1.29, 1.82) is 0 Å². The van der Waals surface area contributed by atoms with E-state index in [-0.39, 0.29) is 0 Å². The summed E-state index contributed by atoms with van der Waals surface area (Å²) in [5.74, 6) is 0.991. The van der Waals surface area contributed by atoms with Gasteiger partial charge in [0.1, 0.15) is 12.4 Å². The molecule has 0 fully saturated rings. The van der Waals surface area contributed by atoms with Crippen LogP contribution < -0.4 is 0 Å². The summed E-state index contributed by atoms with van der Waals surface area (Å²) in [7, 11) is 1.67. The van der Waals surface area contributed by atoms with E-state index in [1.807, 2.05) is 6.92 Å². The maximum Gasteiger partial charge on any atom is 0.122 e. The second-order valence-corrected chi connectivity index (χ2v) is 1.90. The maximum absolute atomic E-state index is 5.06. The van der Waals surface area contributed by atoms with Crippen molar-refractivity contribution in [2.45, 2.75) is 6.92 Å². The summed E-state index contributed by atoms with van der Waals surface area (Å²) in [6.45, 7) is 3.41. The van der Waals surface area contributed by atoms with Gasteiger partial charge in [-0.3, -0.25) is 0 Å². The number of ether oxygens (including phenoxy) is 2. The third-order valence-corrected chi connectivity index (χ3v) is 1.27. The minimum absolute atomic E-state index is 0.655. The molecule has 1 rings (SSSR count). The van der Waals surface area contributed by atoms with Crippen LogP contribution >= 0.6 is 0 Å². The van der Waals surface area contributed by atoms with Crippen LogP contribution in [0.15, 0.2) is 11.3 Å². The molecule has 8 heavy (non-hydrogen) atoms. The second kappa shape index (κ2) is 2.18. The van der Waals surface area contributed by atoms with Crippen molar-refractivity contribution in [3.05, 3.63) is 11.3 Å². The highest BCUT2D eigenvalue weighted by molar-refractivity contribution is 5.10. The monoisotopic (exact) mass is 114 g/mol. The molecule has 1 heterocycles. The Labute approximate surface area is 49.1 Å². The molecule has 0 unspecified atom stereocenters. The van der Waals surface area contributed by atoms with E-state index in [4.69, 9.17) is 9.47 Å². The van der Waals surface area contributed by atoms with Gasteiger partial charge < -0.3 is 9.47 Å². The predicted octanol–water partition coefficient (Wildman–Crippen LogP) is 0.937. The Morgan fingerprint density at radius 2 is 2.25 bits per heavy atom. The highest BCUT2D eigenvalue weighted by atomic mass is 16.5. The number of hydrogen-bond acceptors (Lipinski definition) is 2. The average molecular weight is 114 g/mol. The van der Waals surface area contributed by atoms with Crippen LogP contribution in [0.5, 0.6) is 0 Å². The van der Waals surface area contributed by atoms with Crippen molar-refractivity contribution in [3.8, 4) is 0 Å². The van der Waals surface area contributed by atoms with Crippen LogP contribution in [0.4, 0.5) is 0 Å². The quantitative estimate of drug-likeness (QED) is 0.505. The van der Waals surface area contributed by atoms with Gasteiger partial charge in [0.25, 0.3) is 0 Å². The molecule has 0 radical (unpaired) electrons. The van der Waals surface area contributed by atoms with Crippen molar-refractivity contribution in [2.24, 2.45) is 0 Å². The molecule has 0 atom stereocenters. The van der Waals surface area contributed by atoms with Crippen molar-refractivity contribution in [1.82, 2.24) is 0 Å². The summed E-state index contributed by atoms with van der Waals surface area (Å²) in [6.07, 6.45) is 0. The van der Waals surface area contributed by atoms with E-state index < -0.39 is 0 Å². The predicted molar refractivity (Wildman–Crippen MR) is 30.5 cm³/mol. The van der Waals surface area contributed by atoms with E-state index in [0.29, 0.717) is 6.61 Å². The highest BCUT2D eigenvalue weighted by Gasteiger charge is 2.09. The molecule has 0 saturated carbocycles. The van der Waals surface area contributed by atoms with E-state index >= 15 is 0 Å². The normalized spacial score (nSPS) is 19.8. The molecule has 0 saturated heterocycles. The molecule has 0 aromatic carbocycles. The minimum atomic E-state index is 0.655. The Kier molecular flexibility index (Phi) is 1.53. The second-order valence-electron chi connectivity index (χ2n) is 1.90. The maximum atomic E-state index is 5.06. The van der Waals surface area contributed by atoms with Crippen LogP contribution in [-0.2, 0) is 9.47 Å². The van der Waals surface area contributed by atoms with Gasteiger partial charge in [0.2, 0.25) is 0 Å². The lowest BCUT2D eigenvalue weighted by Crippen LogP contribution is -1.88. The molecule has 46 valence electrons. The van der Waals surface area contributed by atoms with Crippen molar-refractivity contribution in [2.75, 3.05) is 20.3 Å². The third-order valence-electron chi connectivity index (χ3n) is 1.27. The molecule has 0 aromatic heterocycles. The zero-order valence-corrected chi connectivity index (χ0v) is 5.23. The number of methoxy groups -OCH3 is 1. The fourth-order valence-corrected chi connectivity index (χ4v) is 0.734. The first-order valence-electron chi connectivity index (χ1n) is 2.65. The smallest absolute Gasteiger partial charge is 0.122 e. The van der Waals surface area contributed by atoms with Crippen LogP contribution in [0, 0.1) is 0 Å². The fraction of sp³-hybridized carbons (Fsp3) is 0.667. The van der Waals surface area contributed by atoms with Gasteiger partial charge in [-0.2, -0.15) is 0 Å². The summed E-state index contributed by atoms with van der Waals surface area (Å²) in [4.78, 5) is 0. The zero-order chi connectivity index (χ0) is 5.98. The van der Waals surface area contributed by atoms with Crippen LogP contribution in [0.1, 0.15) is 6.92 Å². The van der Waals surface area contributed by atoms with Crippen LogP contribution in [-0.4, -0.2) is 20.3 Å². The summed E-state index contributed by atoms with van der Waals surface area (Å²) in [5.41, 5.74) is 1.22. The van der Waals surface area contributed by atoms with Gasteiger partial charge in [0, 0.05) is 0 Å². The summed E-state index contributed by atoms with van der Waals surface area (Å²) < 4.78 is 10.0. The minimum Gasteiger partial charge on any atom is -0.499 e. The number of hydrogen-bond donors (Lipinski definition) is 0. The van der Waals surface area contributed by atoms with Gasteiger partial charge in [-0.1, -0.05) is 0 Å². The zero-order valence-electron chi connectivity index (χ0n) is 5.23. The van der Waals surface area contributed by atoms with Gasteiger partial charge in [-0.15, -0.1) is 0 Å². The van der Waals surface area contributed by atoms with Gasteiger partial charge in [0.15, 0.2) is 0 Å². The molecule has 0 spiro atoms. The Morgan fingerprint density at radius 3 is 2.50 bits per heavy atom. The lowest BCUT2D eigenvalue weighted by molar-refractivity contribution is 0.166. The van der Waals surface area contributed by atoms with Gasteiger partial charge >= 0.3 is 0 Å². The lowest BCUT2D eigenvalue weighted by Gasteiger charge is -1.96. The van der Waals surface area contributed by atoms with E-state index in [1.54, 1.807) is 7.11 Å². The SMILES string of the molecule is COC1=C(C)COC1. The van der Waals surface area contributed by atoms with Crippen LogP contribution in [0.2, 0.25) is 0 Å². The van der Waals surface area contributed by atoms with E-state index in [1.165, 1.54) is 5.57 Å². The molecule has 1 aliphatic heterocycles. The fourth-order valence-electron chi connectivity index (χ4n) is 0.734. The molecule has 2 nitrogen and oxygen atoms in total. The molecule has 0 N–H and O–H groups in total. The van der Waals surface area contributed by atoms with E-state index in [9.17, 15) is 0 Å². The topological polar surface area (TPSA) is 18.5 Å². The van der Waals surface area contributed by atoms with Crippen LogP contribution in [0.25, 0.3) is 0 Å². The Hall–Kier alpha value is -0.500. The van der Waals surface area contributed by atoms with Gasteiger partial charge in [-0.05, 0) is 12.5 Å². The Morgan fingerprint density at radius 1 is 1.50 bits per heavy atom.